The van der Waals surface area contributed by atoms with Crippen LogP contribution in [0.2, 0.25) is 0 Å². The van der Waals surface area contributed by atoms with Gasteiger partial charge in [0.2, 0.25) is 0 Å². The summed E-state index contributed by atoms with van der Waals surface area (Å²) >= 11 is 0. The molecule has 2 N–H and O–H groups in total. The van der Waals surface area contributed by atoms with Crippen LogP contribution < -0.4 is 5.32 Å². The highest BCUT2D eigenvalue weighted by atomic mass is 16.4. The summed E-state index contributed by atoms with van der Waals surface area (Å²) in [6, 6.07) is 7.67. The van der Waals surface area contributed by atoms with Crippen LogP contribution >= 0.6 is 0 Å². The Bertz CT molecular complexity index is 389. The first-order valence-corrected chi connectivity index (χ1v) is 5.90. The van der Waals surface area contributed by atoms with Crippen molar-refractivity contribution in [2.45, 2.75) is 12.5 Å². The Morgan fingerprint density at radius 3 is 2.76 bits per heavy atom. The minimum atomic E-state index is -0.868. The van der Waals surface area contributed by atoms with Crippen molar-refractivity contribution in [1.82, 2.24) is 10.2 Å². The number of aromatic carboxylic acids is 1. The molecular weight excluding hydrogens is 216 g/mol. The number of nitrogens with one attached hydrogen (secondary N) is 1. The van der Waals surface area contributed by atoms with E-state index in [-0.39, 0.29) is 0 Å². The smallest absolute Gasteiger partial charge is 0.335 e. The molecule has 17 heavy (non-hydrogen) atoms. The first-order valence-electron chi connectivity index (χ1n) is 5.90. The molecule has 4 nitrogen and oxygen atoms in total. The van der Waals surface area contributed by atoms with Gasteiger partial charge in [-0.2, -0.15) is 0 Å². The van der Waals surface area contributed by atoms with E-state index in [0.29, 0.717) is 11.6 Å². The molecule has 92 valence electrons. The molecule has 1 aliphatic rings. The summed E-state index contributed by atoms with van der Waals surface area (Å²) in [6.45, 7) is 3.11. The number of hydrogen-bond acceptors (Lipinski definition) is 3. The molecular formula is C13H18N2O2. The fourth-order valence-corrected chi connectivity index (χ4v) is 2.15. The molecule has 0 spiro atoms. The van der Waals surface area contributed by atoms with Crippen LogP contribution in [0.25, 0.3) is 0 Å². The molecule has 1 atom stereocenters. The lowest BCUT2D eigenvalue weighted by Crippen LogP contribution is -2.50. The lowest BCUT2D eigenvalue weighted by Gasteiger charge is -2.33. The Morgan fingerprint density at radius 1 is 1.47 bits per heavy atom. The van der Waals surface area contributed by atoms with Crippen LogP contribution in [0.3, 0.4) is 0 Å². The van der Waals surface area contributed by atoms with Gasteiger partial charge in [0, 0.05) is 25.7 Å². The molecule has 0 saturated carbocycles. The summed E-state index contributed by atoms with van der Waals surface area (Å²) in [4.78, 5) is 13.1. The van der Waals surface area contributed by atoms with Gasteiger partial charge in [-0.05, 0) is 31.2 Å². The molecule has 0 bridgehead atoms. The molecule has 1 aliphatic heterocycles. The van der Waals surface area contributed by atoms with Crippen LogP contribution in [0.1, 0.15) is 15.9 Å². The number of piperazine rings is 1. The standard InChI is InChI=1S/C13H18N2O2/c1-15-7-6-14-9-12(15)8-10-2-4-11(5-3-10)13(16)17/h2-5,12,14H,6-9H2,1H3,(H,16,17). The average molecular weight is 234 g/mol. The topological polar surface area (TPSA) is 52.6 Å². The van der Waals surface area contributed by atoms with E-state index >= 15 is 0 Å². The zero-order valence-electron chi connectivity index (χ0n) is 10.0. The highest BCUT2D eigenvalue weighted by Gasteiger charge is 2.18. The van der Waals surface area contributed by atoms with Gasteiger partial charge < -0.3 is 15.3 Å². The predicted octanol–water partition coefficient (Wildman–Crippen LogP) is 0.831. The van der Waals surface area contributed by atoms with Crippen molar-refractivity contribution in [2.24, 2.45) is 0 Å². The second-order valence-electron chi connectivity index (χ2n) is 4.54. The van der Waals surface area contributed by atoms with Crippen LogP contribution in [0.4, 0.5) is 0 Å². The summed E-state index contributed by atoms with van der Waals surface area (Å²) in [5.74, 6) is -0.868. The van der Waals surface area contributed by atoms with Gasteiger partial charge in [0.15, 0.2) is 0 Å². The number of carbonyl (C=O) groups is 1. The van der Waals surface area contributed by atoms with E-state index in [4.69, 9.17) is 5.11 Å². The van der Waals surface area contributed by atoms with Gasteiger partial charge in [-0.25, -0.2) is 4.79 Å². The van der Waals surface area contributed by atoms with Crippen molar-refractivity contribution < 1.29 is 9.90 Å². The third-order valence-electron chi connectivity index (χ3n) is 3.32. The number of benzene rings is 1. The summed E-state index contributed by atoms with van der Waals surface area (Å²) in [6.07, 6.45) is 0.962. The van der Waals surface area contributed by atoms with Gasteiger partial charge in [-0.1, -0.05) is 12.1 Å². The first-order chi connectivity index (χ1) is 8.16. The van der Waals surface area contributed by atoms with Gasteiger partial charge in [0.1, 0.15) is 0 Å². The minimum absolute atomic E-state index is 0.351. The molecule has 1 aromatic carbocycles. The number of carboxylic acids is 1. The van der Waals surface area contributed by atoms with Gasteiger partial charge >= 0.3 is 5.97 Å². The van der Waals surface area contributed by atoms with Crippen LogP contribution in [0, 0.1) is 0 Å². The third-order valence-corrected chi connectivity index (χ3v) is 3.32. The molecule has 4 heteroatoms. The van der Waals surface area contributed by atoms with Crippen molar-refractivity contribution in [3.8, 4) is 0 Å². The van der Waals surface area contributed by atoms with Gasteiger partial charge in [-0.3, -0.25) is 0 Å². The summed E-state index contributed by atoms with van der Waals surface area (Å²) in [7, 11) is 2.14. The molecule has 2 rings (SSSR count). The van der Waals surface area contributed by atoms with Crippen molar-refractivity contribution in [3.63, 3.8) is 0 Å². The third kappa shape index (κ3) is 3.05. The maximum atomic E-state index is 10.7. The van der Waals surface area contributed by atoms with Crippen molar-refractivity contribution in [3.05, 3.63) is 35.4 Å². The molecule has 0 amide bonds. The SMILES string of the molecule is CN1CCNCC1Cc1ccc(C(=O)O)cc1. The van der Waals surface area contributed by atoms with E-state index < -0.39 is 5.97 Å². The molecule has 1 unspecified atom stereocenters. The number of nitrogens with zero attached hydrogens (tertiary/aromatic N) is 1. The quantitative estimate of drug-likeness (QED) is 0.813. The zero-order chi connectivity index (χ0) is 12.3. The Labute approximate surface area is 101 Å². The van der Waals surface area contributed by atoms with Crippen molar-refractivity contribution >= 4 is 5.97 Å². The molecule has 1 aromatic rings. The van der Waals surface area contributed by atoms with E-state index in [1.807, 2.05) is 12.1 Å². The zero-order valence-corrected chi connectivity index (χ0v) is 10.0. The Kier molecular flexibility index (Phi) is 3.76. The lowest BCUT2D eigenvalue weighted by atomic mass is 10.0. The van der Waals surface area contributed by atoms with Crippen LogP contribution in [-0.2, 0) is 6.42 Å². The fraction of sp³-hybridized carbons (Fsp3) is 0.462. The van der Waals surface area contributed by atoms with Crippen LogP contribution in [0.15, 0.2) is 24.3 Å². The summed E-state index contributed by atoms with van der Waals surface area (Å²) in [5, 5.41) is 12.2. The molecule has 0 aliphatic carbocycles. The summed E-state index contributed by atoms with van der Waals surface area (Å²) < 4.78 is 0. The van der Waals surface area contributed by atoms with Crippen molar-refractivity contribution in [1.29, 1.82) is 0 Å². The molecule has 0 radical (unpaired) electrons. The highest BCUT2D eigenvalue weighted by Crippen LogP contribution is 2.11. The molecule has 1 saturated heterocycles. The lowest BCUT2D eigenvalue weighted by molar-refractivity contribution is 0.0697. The molecule has 1 fully saturated rings. The van der Waals surface area contributed by atoms with E-state index in [9.17, 15) is 4.79 Å². The Morgan fingerprint density at radius 2 is 2.18 bits per heavy atom. The minimum Gasteiger partial charge on any atom is -0.478 e. The number of rotatable bonds is 3. The fourth-order valence-electron chi connectivity index (χ4n) is 2.15. The van der Waals surface area contributed by atoms with Gasteiger partial charge in [0.25, 0.3) is 0 Å². The second kappa shape index (κ2) is 5.29. The Hall–Kier alpha value is -1.39. The normalized spacial score (nSPS) is 21.4. The monoisotopic (exact) mass is 234 g/mol. The first kappa shape index (κ1) is 12.1. The van der Waals surface area contributed by atoms with E-state index in [1.54, 1.807) is 12.1 Å². The maximum absolute atomic E-state index is 10.7. The number of hydrogen-bond donors (Lipinski definition) is 2. The largest absolute Gasteiger partial charge is 0.478 e. The van der Waals surface area contributed by atoms with E-state index in [2.05, 4.69) is 17.3 Å². The van der Waals surface area contributed by atoms with Gasteiger partial charge in [0.05, 0.1) is 5.56 Å². The molecule has 1 heterocycles. The van der Waals surface area contributed by atoms with E-state index in [0.717, 1.165) is 26.1 Å². The number of carboxylic acid groups (broad SMARTS) is 1. The number of likely N-dealkylation sites (N-methyl/N-ethyl adjacent to an activating group) is 1. The second-order valence-corrected chi connectivity index (χ2v) is 4.54. The maximum Gasteiger partial charge on any atom is 0.335 e. The van der Waals surface area contributed by atoms with Crippen LogP contribution in [-0.4, -0.2) is 48.7 Å². The predicted molar refractivity (Wildman–Crippen MR) is 66.4 cm³/mol. The summed E-state index contributed by atoms with van der Waals surface area (Å²) in [5.41, 5.74) is 1.54. The average Bonchev–Trinajstić information content (AvgIpc) is 2.33. The Balaban J connectivity index is 2.00. The highest BCUT2D eigenvalue weighted by molar-refractivity contribution is 5.87. The van der Waals surface area contributed by atoms with E-state index in [1.165, 1.54) is 5.56 Å². The molecule has 0 aromatic heterocycles. The van der Waals surface area contributed by atoms with Crippen LogP contribution in [0.5, 0.6) is 0 Å². The van der Waals surface area contributed by atoms with Gasteiger partial charge in [-0.15, -0.1) is 0 Å². The van der Waals surface area contributed by atoms with Crippen molar-refractivity contribution in [2.75, 3.05) is 26.7 Å².